The van der Waals surface area contributed by atoms with E-state index in [4.69, 9.17) is 5.26 Å². The van der Waals surface area contributed by atoms with Gasteiger partial charge in [-0.05, 0) is 23.6 Å². The smallest absolute Gasteiger partial charge is 0.0640 e. The van der Waals surface area contributed by atoms with Crippen LogP contribution >= 0.6 is 0 Å². The van der Waals surface area contributed by atoms with Crippen LogP contribution in [0.4, 0.5) is 5.69 Å². The molecule has 0 aliphatic carbocycles. The number of benzene rings is 2. The minimum absolute atomic E-state index is 0.527. The number of anilines is 1. The molecule has 2 heteroatoms. The van der Waals surface area contributed by atoms with Crippen LogP contribution in [-0.4, -0.2) is 6.54 Å². The predicted octanol–water partition coefficient (Wildman–Crippen LogP) is 3.60. The third-order valence-electron chi connectivity index (χ3n) is 2.81. The SMILES string of the molecule is N#CCCNc1ccccc1Cc1ccccc1. The Morgan fingerprint density at radius 3 is 2.44 bits per heavy atom. The Morgan fingerprint density at radius 2 is 1.67 bits per heavy atom. The average molecular weight is 236 g/mol. The Bertz CT molecular complexity index is 526. The van der Waals surface area contributed by atoms with E-state index in [-0.39, 0.29) is 0 Å². The van der Waals surface area contributed by atoms with Crippen LogP contribution in [0.5, 0.6) is 0 Å². The molecule has 0 radical (unpaired) electrons. The first-order chi connectivity index (χ1) is 8.90. The van der Waals surface area contributed by atoms with Crippen molar-refractivity contribution in [2.24, 2.45) is 0 Å². The summed E-state index contributed by atoms with van der Waals surface area (Å²) in [4.78, 5) is 0. The monoisotopic (exact) mass is 236 g/mol. The molecule has 2 rings (SSSR count). The summed E-state index contributed by atoms with van der Waals surface area (Å²) >= 11 is 0. The molecule has 0 bridgehead atoms. The zero-order chi connectivity index (χ0) is 12.6. The summed E-state index contributed by atoms with van der Waals surface area (Å²) in [6, 6.07) is 20.8. The van der Waals surface area contributed by atoms with Crippen molar-refractivity contribution in [1.82, 2.24) is 0 Å². The van der Waals surface area contributed by atoms with E-state index in [9.17, 15) is 0 Å². The fourth-order valence-corrected chi connectivity index (χ4v) is 1.92. The van der Waals surface area contributed by atoms with Gasteiger partial charge in [0.15, 0.2) is 0 Å². The zero-order valence-corrected chi connectivity index (χ0v) is 10.3. The van der Waals surface area contributed by atoms with Crippen molar-refractivity contribution in [1.29, 1.82) is 5.26 Å². The highest BCUT2D eigenvalue weighted by molar-refractivity contribution is 5.52. The highest BCUT2D eigenvalue weighted by Crippen LogP contribution is 2.18. The zero-order valence-electron chi connectivity index (χ0n) is 10.3. The van der Waals surface area contributed by atoms with Crippen molar-refractivity contribution >= 4 is 5.69 Å². The van der Waals surface area contributed by atoms with E-state index >= 15 is 0 Å². The van der Waals surface area contributed by atoms with Crippen LogP contribution < -0.4 is 5.32 Å². The van der Waals surface area contributed by atoms with Crippen LogP contribution in [0.2, 0.25) is 0 Å². The molecule has 2 aromatic rings. The van der Waals surface area contributed by atoms with Gasteiger partial charge in [-0.3, -0.25) is 0 Å². The quantitative estimate of drug-likeness (QED) is 0.805. The molecule has 1 N–H and O–H groups in total. The molecule has 2 nitrogen and oxygen atoms in total. The van der Waals surface area contributed by atoms with E-state index < -0.39 is 0 Å². The standard InChI is InChI=1S/C16H16N2/c17-11-6-12-18-16-10-5-4-9-15(16)13-14-7-2-1-3-8-14/h1-5,7-10,18H,6,12-13H2. The lowest BCUT2D eigenvalue weighted by atomic mass is 10.0. The molecular weight excluding hydrogens is 220 g/mol. The number of hydrogen-bond donors (Lipinski definition) is 1. The molecule has 0 spiro atoms. The molecule has 90 valence electrons. The van der Waals surface area contributed by atoms with Gasteiger partial charge < -0.3 is 5.32 Å². The lowest BCUT2D eigenvalue weighted by molar-refractivity contribution is 1.06. The Kier molecular flexibility index (Phi) is 4.38. The minimum atomic E-state index is 0.527. The second-order valence-electron chi connectivity index (χ2n) is 4.15. The molecular formula is C16H16N2. The molecule has 0 unspecified atom stereocenters. The molecule has 0 heterocycles. The van der Waals surface area contributed by atoms with Gasteiger partial charge in [-0.15, -0.1) is 0 Å². The molecule has 0 saturated heterocycles. The van der Waals surface area contributed by atoms with Gasteiger partial charge >= 0.3 is 0 Å². The molecule has 0 fully saturated rings. The second kappa shape index (κ2) is 6.46. The Balaban J connectivity index is 2.10. The Labute approximate surface area is 108 Å². The van der Waals surface area contributed by atoms with E-state index in [0.29, 0.717) is 13.0 Å². The highest BCUT2D eigenvalue weighted by Gasteiger charge is 2.01. The number of rotatable bonds is 5. The van der Waals surface area contributed by atoms with Crippen molar-refractivity contribution in [3.8, 4) is 6.07 Å². The molecule has 0 aromatic heterocycles. The van der Waals surface area contributed by atoms with Crippen LogP contribution in [-0.2, 0) is 6.42 Å². The van der Waals surface area contributed by atoms with Crippen molar-refractivity contribution in [3.05, 3.63) is 65.7 Å². The van der Waals surface area contributed by atoms with Gasteiger partial charge in [0, 0.05) is 12.2 Å². The third kappa shape index (κ3) is 3.36. The topological polar surface area (TPSA) is 35.8 Å². The van der Waals surface area contributed by atoms with Crippen LogP contribution in [0.15, 0.2) is 54.6 Å². The van der Waals surface area contributed by atoms with Crippen LogP contribution in [0.25, 0.3) is 0 Å². The summed E-state index contributed by atoms with van der Waals surface area (Å²) in [7, 11) is 0. The molecule has 18 heavy (non-hydrogen) atoms. The summed E-state index contributed by atoms with van der Waals surface area (Å²) < 4.78 is 0. The van der Waals surface area contributed by atoms with E-state index in [2.05, 4.69) is 47.8 Å². The van der Waals surface area contributed by atoms with E-state index in [0.717, 1.165) is 12.1 Å². The maximum absolute atomic E-state index is 8.56. The minimum Gasteiger partial charge on any atom is -0.384 e. The van der Waals surface area contributed by atoms with Crippen LogP contribution in [0.1, 0.15) is 17.5 Å². The molecule has 2 aromatic carbocycles. The van der Waals surface area contributed by atoms with Crippen molar-refractivity contribution in [3.63, 3.8) is 0 Å². The fourth-order valence-electron chi connectivity index (χ4n) is 1.92. The van der Waals surface area contributed by atoms with Gasteiger partial charge in [-0.25, -0.2) is 0 Å². The maximum atomic E-state index is 8.56. The van der Waals surface area contributed by atoms with Crippen LogP contribution in [0, 0.1) is 11.3 Å². The first kappa shape index (κ1) is 12.2. The molecule has 0 saturated carbocycles. The van der Waals surface area contributed by atoms with E-state index in [1.807, 2.05) is 18.2 Å². The fraction of sp³-hybridized carbons (Fsp3) is 0.188. The molecule has 0 aliphatic heterocycles. The molecule has 0 aliphatic rings. The first-order valence-electron chi connectivity index (χ1n) is 6.13. The second-order valence-corrected chi connectivity index (χ2v) is 4.15. The lowest BCUT2D eigenvalue weighted by Crippen LogP contribution is -2.03. The van der Waals surface area contributed by atoms with Gasteiger partial charge in [0.2, 0.25) is 0 Å². The van der Waals surface area contributed by atoms with Gasteiger partial charge in [-0.2, -0.15) is 5.26 Å². The third-order valence-corrected chi connectivity index (χ3v) is 2.81. The number of para-hydroxylation sites is 1. The summed E-state index contributed by atoms with van der Waals surface area (Å²) in [5.74, 6) is 0. The van der Waals surface area contributed by atoms with Crippen molar-refractivity contribution < 1.29 is 0 Å². The van der Waals surface area contributed by atoms with E-state index in [1.165, 1.54) is 11.1 Å². The number of nitriles is 1. The molecule has 0 atom stereocenters. The van der Waals surface area contributed by atoms with Crippen molar-refractivity contribution in [2.45, 2.75) is 12.8 Å². The first-order valence-corrected chi connectivity index (χ1v) is 6.13. The summed E-state index contributed by atoms with van der Waals surface area (Å²) in [5.41, 5.74) is 3.69. The van der Waals surface area contributed by atoms with Crippen LogP contribution in [0.3, 0.4) is 0 Å². The lowest BCUT2D eigenvalue weighted by Gasteiger charge is -2.11. The van der Waals surface area contributed by atoms with Gasteiger partial charge in [0.05, 0.1) is 12.5 Å². The summed E-state index contributed by atoms with van der Waals surface area (Å²) in [5, 5.41) is 11.9. The van der Waals surface area contributed by atoms with Gasteiger partial charge in [0.1, 0.15) is 0 Å². The van der Waals surface area contributed by atoms with Crippen molar-refractivity contribution in [2.75, 3.05) is 11.9 Å². The predicted molar refractivity (Wildman–Crippen MR) is 74.4 cm³/mol. The Hall–Kier alpha value is -2.27. The summed E-state index contributed by atoms with van der Waals surface area (Å²) in [6.45, 7) is 0.697. The normalized spacial score (nSPS) is 9.72. The summed E-state index contributed by atoms with van der Waals surface area (Å²) in [6.07, 6.45) is 1.44. The van der Waals surface area contributed by atoms with Gasteiger partial charge in [-0.1, -0.05) is 48.5 Å². The number of nitrogens with zero attached hydrogens (tertiary/aromatic N) is 1. The molecule has 0 amide bonds. The largest absolute Gasteiger partial charge is 0.384 e. The Morgan fingerprint density at radius 1 is 0.944 bits per heavy atom. The van der Waals surface area contributed by atoms with E-state index in [1.54, 1.807) is 0 Å². The average Bonchev–Trinajstić information content (AvgIpc) is 2.42. The number of hydrogen-bond acceptors (Lipinski definition) is 2. The maximum Gasteiger partial charge on any atom is 0.0640 e. The van der Waals surface area contributed by atoms with Gasteiger partial charge in [0.25, 0.3) is 0 Å². The number of nitrogens with one attached hydrogen (secondary N) is 1. The highest BCUT2D eigenvalue weighted by atomic mass is 14.9.